The van der Waals surface area contributed by atoms with E-state index >= 15 is 0 Å². The number of hydrogen-bond acceptors (Lipinski definition) is 1. The summed E-state index contributed by atoms with van der Waals surface area (Å²) in [6.45, 7) is 9.06. The monoisotopic (exact) mass is 220 g/mol. The van der Waals surface area contributed by atoms with E-state index in [1.165, 1.54) is 31.1 Å². The van der Waals surface area contributed by atoms with Crippen LogP contribution in [0, 0.1) is 29.1 Å². The molecule has 4 unspecified atom stereocenters. The van der Waals surface area contributed by atoms with Crippen LogP contribution in [0.3, 0.4) is 0 Å². The molecule has 0 aliphatic heterocycles. The molecule has 0 aromatic rings. The molecule has 2 rings (SSSR count). The number of allylic oxidation sites excluding steroid dienone is 2. The molecule has 0 heterocycles. The molecule has 4 atom stereocenters. The van der Waals surface area contributed by atoms with Crippen LogP contribution >= 0.6 is 0 Å². The zero-order chi connectivity index (χ0) is 11.9. The van der Waals surface area contributed by atoms with Crippen LogP contribution in [0.5, 0.6) is 0 Å². The van der Waals surface area contributed by atoms with E-state index in [-0.39, 0.29) is 11.3 Å². The van der Waals surface area contributed by atoms with Gasteiger partial charge in [0.05, 0.1) is 0 Å². The number of carbonyl (C=O) groups is 1. The van der Waals surface area contributed by atoms with E-state index in [1.807, 2.05) is 0 Å². The van der Waals surface area contributed by atoms with Crippen molar-refractivity contribution >= 4 is 6.29 Å². The topological polar surface area (TPSA) is 17.1 Å². The lowest BCUT2D eigenvalue weighted by molar-refractivity contribution is -0.122. The first-order chi connectivity index (χ1) is 7.45. The fourth-order valence-corrected chi connectivity index (χ4v) is 4.04. The Bertz CT molecular complexity index is 313. The first kappa shape index (κ1) is 11.9. The third-order valence-corrected chi connectivity index (χ3v) is 4.91. The average molecular weight is 220 g/mol. The van der Waals surface area contributed by atoms with Gasteiger partial charge in [-0.15, -0.1) is 0 Å². The van der Waals surface area contributed by atoms with Gasteiger partial charge in [-0.25, -0.2) is 0 Å². The van der Waals surface area contributed by atoms with Crippen LogP contribution in [-0.2, 0) is 4.79 Å². The summed E-state index contributed by atoms with van der Waals surface area (Å²) in [6.07, 6.45) is 7.35. The summed E-state index contributed by atoms with van der Waals surface area (Å²) < 4.78 is 0. The third-order valence-electron chi connectivity index (χ3n) is 4.91. The van der Waals surface area contributed by atoms with E-state index in [9.17, 15) is 4.79 Å². The molecule has 16 heavy (non-hydrogen) atoms. The Morgan fingerprint density at radius 2 is 2.12 bits per heavy atom. The normalized spacial score (nSPS) is 42.1. The highest BCUT2D eigenvalue weighted by Crippen LogP contribution is 2.52. The van der Waals surface area contributed by atoms with Crippen LogP contribution in [0.25, 0.3) is 0 Å². The Morgan fingerprint density at radius 3 is 2.75 bits per heavy atom. The van der Waals surface area contributed by atoms with Gasteiger partial charge in [-0.1, -0.05) is 32.4 Å². The molecule has 2 aliphatic rings. The molecular weight excluding hydrogens is 196 g/mol. The van der Waals surface area contributed by atoms with Crippen molar-refractivity contribution in [1.82, 2.24) is 0 Å². The molecule has 0 saturated heterocycles. The van der Waals surface area contributed by atoms with E-state index < -0.39 is 0 Å². The van der Waals surface area contributed by atoms with Gasteiger partial charge in [0.25, 0.3) is 0 Å². The second kappa shape index (κ2) is 4.01. The average Bonchev–Trinajstić information content (AvgIpc) is 2.18. The van der Waals surface area contributed by atoms with Gasteiger partial charge in [0, 0.05) is 5.92 Å². The molecule has 90 valence electrons. The maximum Gasteiger partial charge on any atom is 0.123 e. The zero-order valence-electron chi connectivity index (χ0n) is 11.0. The minimum atomic E-state index is 0.205. The summed E-state index contributed by atoms with van der Waals surface area (Å²) in [5.41, 5.74) is 1.73. The molecular formula is C15H24O. The van der Waals surface area contributed by atoms with Crippen LogP contribution in [-0.4, -0.2) is 6.29 Å². The molecule has 0 aromatic carbocycles. The van der Waals surface area contributed by atoms with E-state index in [0.717, 1.165) is 5.92 Å². The SMILES string of the molecule is CC1=CC(C)C2C(CCC(C)(C)C2C=O)C1. The summed E-state index contributed by atoms with van der Waals surface area (Å²) in [4.78, 5) is 11.4. The molecule has 1 nitrogen and oxygen atoms in total. The largest absolute Gasteiger partial charge is 0.303 e. The second-order valence-electron chi connectivity index (χ2n) is 6.60. The summed E-state index contributed by atoms with van der Waals surface area (Å²) >= 11 is 0. The van der Waals surface area contributed by atoms with Crippen molar-refractivity contribution in [3.05, 3.63) is 11.6 Å². The number of rotatable bonds is 1. The number of hydrogen-bond donors (Lipinski definition) is 0. The number of fused-ring (bicyclic) bond motifs is 1. The maximum atomic E-state index is 11.4. The zero-order valence-corrected chi connectivity index (χ0v) is 11.0. The highest BCUT2D eigenvalue weighted by Gasteiger charge is 2.46. The molecule has 1 fully saturated rings. The summed E-state index contributed by atoms with van der Waals surface area (Å²) in [5, 5.41) is 0. The van der Waals surface area contributed by atoms with E-state index in [0.29, 0.717) is 11.8 Å². The predicted octanol–water partition coefficient (Wildman–Crippen LogP) is 3.84. The minimum absolute atomic E-state index is 0.205. The summed E-state index contributed by atoms with van der Waals surface area (Å²) in [5.74, 6) is 2.17. The van der Waals surface area contributed by atoms with Crippen molar-refractivity contribution in [3.8, 4) is 0 Å². The highest BCUT2D eigenvalue weighted by atomic mass is 16.1. The first-order valence-electron chi connectivity index (χ1n) is 6.58. The standard InChI is InChI=1S/C15H24O/c1-10-7-11(2)14-12(8-10)5-6-15(3,4)13(14)9-16/h7,9,11-14H,5-6,8H2,1-4H3. The van der Waals surface area contributed by atoms with Gasteiger partial charge < -0.3 is 4.79 Å². The van der Waals surface area contributed by atoms with Gasteiger partial charge in [0.1, 0.15) is 6.29 Å². The molecule has 0 bridgehead atoms. The van der Waals surface area contributed by atoms with Crippen LogP contribution in [0.2, 0.25) is 0 Å². The van der Waals surface area contributed by atoms with Gasteiger partial charge in [0.2, 0.25) is 0 Å². The molecule has 0 spiro atoms. The van der Waals surface area contributed by atoms with Crippen LogP contribution in [0.1, 0.15) is 47.0 Å². The maximum absolute atomic E-state index is 11.4. The smallest absolute Gasteiger partial charge is 0.123 e. The lowest BCUT2D eigenvalue weighted by Crippen LogP contribution is -2.44. The third kappa shape index (κ3) is 1.85. The molecule has 1 heteroatoms. The Balaban J connectivity index is 2.31. The molecule has 1 saturated carbocycles. The van der Waals surface area contributed by atoms with Crippen LogP contribution in [0.4, 0.5) is 0 Å². The fraction of sp³-hybridized carbons (Fsp3) is 0.800. The minimum Gasteiger partial charge on any atom is -0.303 e. The quantitative estimate of drug-likeness (QED) is 0.484. The number of aldehydes is 1. The molecule has 0 radical (unpaired) electrons. The first-order valence-corrected chi connectivity index (χ1v) is 6.58. The molecule has 0 aromatic heterocycles. The summed E-state index contributed by atoms with van der Waals surface area (Å²) in [6, 6.07) is 0. The summed E-state index contributed by atoms with van der Waals surface area (Å²) in [7, 11) is 0. The lowest BCUT2D eigenvalue weighted by atomic mass is 9.54. The Morgan fingerprint density at radius 1 is 1.44 bits per heavy atom. The fourth-order valence-electron chi connectivity index (χ4n) is 4.04. The van der Waals surface area contributed by atoms with Gasteiger partial charge >= 0.3 is 0 Å². The van der Waals surface area contributed by atoms with Crippen molar-refractivity contribution in [2.45, 2.75) is 47.0 Å². The van der Waals surface area contributed by atoms with Crippen molar-refractivity contribution in [2.75, 3.05) is 0 Å². The van der Waals surface area contributed by atoms with Gasteiger partial charge in [-0.2, -0.15) is 0 Å². The van der Waals surface area contributed by atoms with Gasteiger partial charge in [-0.05, 0) is 49.4 Å². The molecule has 2 aliphatic carbocycles. The van der Waals surface area contributed by atoms with E-state index in [2.05, 4.69) is 33.8 Å². The Labute approximate surface area is 99.3 Å². The van der Waals surface area contributed by atoms with E-state index in [4.69, 9.17) is 0 Å². The molecule has 0 amide bonds. The highest BCUT2D eigenvalue weighted by molar-refractivity contribution is 5.56. The Kier molecular flexibility index (Phi) is 2.98. The van der Waals surface area contributed by atoms with Crippen LogP contribution in [0.15, 0.2) is 11.6 Å². The van der Waals surface area contributed by atoms with Crippen LogP contribution < -0.4 is 0 Å². The van der Waals surface area contributed by atoms with Crippen molar-refractivity contribution < 1.29 is 4.79 Å². The Hall–Kier alpha value is -0.590. The number of carbonyl (C=O) groups excluding carboxylic acids is 1. The van der Waals surface area contributed by atoms with Crippen molar-refractivity contribution in [2.24, 2.45) is 29.1 Å². The van der Waals surface area contributed by atoms with E-state index in [1.54, 1.807) is 0 Å². The van der Waals surface area contributed by atoms with Crippen molar-refractivity contribution in [1.29, 1.82) is 0 Å². The van der Waals surface area contributed by atoms with Gasteiger partial charge in [-0.3, -0.25) is 0 Å². The lowest BCUT2D eigenvalue weighted by Gasteiger charge is -2.49. The van der Waals surface area contributed by atoms with Gasteiger partial charge in [0.15, 0.2) is 0 Å². The predicted molar refractivity (Wildman–Crippen MR) is 67.1 cm³/mol. The second-order valence-corrected chi connectivity index (χ2v) is 6.60. The molecule has 0 N–H and O–H groups in total. The van der Waals surface area contributed by atoms with Crippen molar-refractivity contribution in [3.63, 3.8) is 0 Å².